The van der Waals surface area contributed by atoms with Gasteiger partial charge in [0, 0.05) is 0 Å². The standard InChI is InChI=1S/C10H12O/c1-3-8(2)9-4-6-10(11)7-5-9/h4-7H,3H2,1-2H3. The normalized spacial score (nSPS) is 15.8. The fourth-order valence-corrected chi connectivity index (χ4v) is 0.944. The summed E-state index contributed by atoms with van der Waals surface area (Å²) in [6, 6.07) is 0. The van der Waals surface area contributed by atoms with E-state index in [0.29, 0.717) is 0 Å². The van der Waals surface area contributed by atoms with E-state index in [-0.39, 0.29) is 5.78 Å². The lowest BCUT2D eigenvalue weighted by molar-refractivity contribution is -0.110. The molecule has 0 heterocycles. The molecule has 0 saturated heterocycles. The summed E-state index contributed by atoms with van der Waals surface area (Å²) in [5.41, 5.74) is 2.50. The third kappa shape index (κ3) is 1.90. The first-order chi connectivity index (χ1) is 5.24. The number of rotatable bonds is 1. The zero-order valence-corrected chi connectivity index (χ0v) is 6.92. The van der Waals surface area contributed by atoms with E-state index < -0.39 is 0 Å². The van der Waals surface area contributed by atoms with E-state index in [0.717, 1.165) is 6.42 Å². The molecule has 0 fully saturated rings. The fourth-order valence-electron chi connectivity index (χ4n) is 0.944. The Morgan fingerprint density at radius 1 is 1.27 bits per heavy atom. The van der Waals surface area contributed by atoms with Crippen LogP contribution in [0.1, 0.15) is 20.3 Å². The Morgan fingerprint density at radius 2 is 1.82 bits per heavy atom. The first-order valence-electron chi connectivity index (χ1n) is 3.84. The Hall–Kier alpha value is -1.11. The number of carbonyl (C=O) groups is 1. The lowest BCUT2D eigenvalue weighted by atomic mass is 10.0. The van der Waals surface area contributed by atoms with Gasteiger partial charge in [0.15, 0.2) is 5.78 Å². The molecule has 0 aromatic carbocycles. The van der Waals surface area contributed by atoms with Gasteiger partial charge in [-0.05, 0) is 31.1 Å². The number of allylic oxidation sites excluding steroid dienone is 6. The molecular weight excluding hydrogens is 136 g/mol. The van der Waals surface area contributed by atoms with E-state index in [9.17, 15) is 4.79 Å². The Balaban J connectivity index is 2.87. The predicted molar refractivity (Wildman–Crippen MR) is 46.3 cm³/mol. The van der Waals surface area contributed by atoms with Crippen molar-refractivity contribution in [2.45, 2.75) is 20.3 Å². The van der Waals surface area contributed by atoms with Crippen LogP contribution in [0, 0.1) is 0 Å². The predicted octanol–water partition coefficient (Wildman–Crippen LogP) is 2.41. The molecule has 0 spiro atoms. The van der Waals surface area contributed by atoms with Gasteiger partial charge in [-0.15, -0.1) is 0 Å². The summed E-state index contributed by atoms with van der Waals surface area (Å²) in [5.74, 6) is 0.0812. The lowest BCUT2D eigenvalue weighted by Crippen LogP contribution is -1.93. The van der Waals surface area contributed by atoms with Crippen molar-refractivity contribution in [3.8, 4) is 0 Å². The molecule has 0 radical (unpaired) electrons. The highest BCUT2D eigenvalue weighted by molar-refractivity contribution is 6.01. The van der Waals surface area contributed by atoms with Crippen LogP contribution in [-0.4, -0.2) is 5.78 Å². The number of hydrogen-bond donors (Lipinski definition) is 0. The average molecular weight is 148 g/mol. The van der Waals surface area contributed by atoms with Crippen molar-refractivity contribution in [2.75, 3.05) is 0 Å². The van der Waals surface area contributed by atoms with Crippen LogP contribution in [0.15, 0.2) is 35.5 Å². The van der Waals surface area contributed by atoms with Crippen LogP contribution in [0.5, 0.6) is 0 Å². The molecule has 0 amide bonds. The van der Waals surface area contributed by atoms with E-state index >= 15 is 0 Å². The molecule has 0 unspecified atom stereocenters. The maximum Gasteiger partial charge on any atom is 0.178 e. The highest BCUT2D eigenvalue weighted by Gasteiger charge is 1.99. The number of ketones is 1. The zero-order valence-electron chi connectivity index (χ0n) is 6.92. The second kappa shape index (κ2) is 3.33. The fraction of sp³-hybridized carbons (Fsp3) is 0.300. The van der Waals surface area contributed by atoms with Gasteiger partial charge in [0.1, 0.15) is 0 Å². The Kier molecular flexibility index (Phi) is 2.42. The molecule has 0 atom stereocenters. The molecule has 1 aliphatic carbocycles. The first kappa shape index (κ1) is 7.99. The lowest BCUT2D eigenvalue weighted by Gasteiger charge is -2.03. The Morgan fingerprint density at radius 3 is 2.27 bits per heavy atom. The molecule has 11 heavy (non-hydrogen) atoms. The highest BCUT2D eigenvalue weighted by Crippen LogP contribution is 2.13. The minimum atomic E-state index is 0.0812. The van der Waals surface area contributed by atoms with Crippen LogP contribution in [0.2, 0.25) is 0 Å². The summed E-state index contributed by atoms with van der Waals surface area (Å²) < 4.78 is 0. The third-order valence-corrected chi connectivity index (χ3v) is 1.88. The molecule has 1 aliphatic rings. The quantitative estimate of drug-likeness (QED) is 0.558. The van der Waals surface area contributed by atoms with Crippen LogP contribution in [0.3, 0.4) is 0 Å². The number of carbonyl (C=O) groups excluding carboxylic acids is 1. The van der Waals surface area contributed by atoms with Crippen molar-refractivity contribution in [2.24, 2.45) is 0 Å². The molecule has 0 aromatic heterocycles. The second-order valence-electron chi connectivity index (χ2n) is 2.66. The summed E-state index contributed by atoms with van der Waals surface area (Å²) >= 11 is 0. The van der Waals surface area contributed by atoms with Crippen molar-refractivity contribution in [1.82, 2.24) is 0 Å². The third-order valence-electron chi connectivity index (χ3n) is 1.88. The van der Waals surface area contributed by atoms with Crippen LogP contribution >= 0.6 is 0 Å². The van der Waals surface area contributed by atoms with Gasteiger partial charge in [-0.25, -0.2) is 0 Å². The minimum absolute atomic E-state index is 0.0812. The molecule has 1 rings (SSSR count). The molecule has 0 aliphatic heterocycles. The highest BCUT2D eigenvalue weighted by atomic mass is 16.1. The van der Waals surface area contributed by atoms with Crippen LogP contribution in [0.4, 0.5) is 0 Å². The maximum absolute atomic E-state index is 10.7. The van der Waals surface area contributed by atoms with Crippen molar-refractivity contribution in [3.05, 3.63) is 35.5 Å². The smallest absolute Gasteiger partial charge is 0.178 e. The van der Waals surface area contributed by atoms with Gasteiger partial charge in [-0.2, -0.15) is 0 Å². The van der Waals surface area contributed by atoms with Gasteiger partial charge < -0.3 is 0 Å². The molecule has 0 aromatic rings. The van der Waals surface area contributed by atoms with Gasteiger partial charge >= 0.3 is 0 Å². The zero-order chi connectivity index (χ0) is 8.27. The van der Waals surface area contributed by atoms with Crippen molar-refractivity contribution in [3.63, 3.8) is 0 Å². The number of hydrogen-bond acceptors (Lipinski definition) is 1. The van der Waals surface area contributed by atoms with Crippen molar-refractivity contribution in [1.29, 1.82) is 0 Å². The van der Waals surface area contributed by atoms with E-state index in [2.05, 4.69) is 13.8 Å². The van der Waals surface area contributed by atoms with Gasteiger partial charge in [-0.3, -0.25) is 4.79 Å². The Labute approximate surface area is 67.1 Å². The van der Waals surface area contributed by atoms with Crippen LogP contribution in [-0.2, 0) is 4.79 Å². The minimum Gasteiger partial charge on any atom is -0.290 e. The topological polar surface area (TPSA) is 17.1 Å². The molecule has 1 nitrogen and oxygen atoms in total. The van der Waals surface area contributed by atoms with E-state index in [1.807, 2.05) is 12.2 Å². The molecule has 58 valence electrons. The van der Waals surface area contributed by atoms with Gasteiger partial charge in [0.05, 0.1) is 0 Å². The first-order valence-corrected chi connectivity index (χ1v) is 3.84. The van der Waals surface area contributed by atoms with Gasteiger partial charge in [-0.1, -0.05) is 24.6 Å². The average Bonchev–Trinajstić information content (AvgIpc) is 2.05. The molecule has 0 N–H and O–H groups in total. The maximum atomic E-state index is 10.7. The van der Waals surface area contributed by atoms with E-state index in [1.165, 1.54) is 11.1 Å². The summed E-state index contributed by atoms with van der Waals surface area (Å²) in [5, 5.41) is 0. The van der Waals surface area contributed by atoms with Crippen molar-refractivity contribution >= 4 is 5.78 Å². The summed E-state index contributed by atoms with van der Waals surface area (Å²) in [6.45, 7) is 4.19. The summed E-state index contributed by atoms with van der Waals surface area (Å²) in [4.78, 5) is 10.7. The SMILES string of the molecule is CCC(C)=C1C=CC(=O)C=C1. The van der Waals surface area contributed by atoms with Crippen LogP contribution < -0.4 is 0 Å². The molecule has 0 saturated carbocycles. The second-order valence-corrected chi connectivity index (χ2v) is 2.66. The van der Waals surface area contributed by atoms with Gasteiger partial charge in [0.25, 0.3) is 0 Å². The summed E-state index contributed by atoms with van der Waals surface area (Å²) in [7, 11) is 0. The van der Waals surface area contributed by atoms with E-state index in [4.69, 9.17) is 0 Å². The molecule has 0 bridgehead atoms. The van der Waals surface area contributed by atoms with E-state index in [1.54, 1.807) is 12.2 Å². The van der Waals surface area contributed by atoms with Gasteiger partial charge in [0.2, 0.25) is 0 Å². The van der Waals surface area contributed by atoms with Crippen LogP contribution in [0.25, 0.3) is 0 Å². The monoisotopic (exact) mass is 148 g/mol. The summed E-state index contributed by atoms with van der Waals surface area (Å²) in [6.07, 6.45) is 8.00. The molecule has 1 heteroatoms. The Bertz CT molecular complexity index is 236. The molecular formula is C10H12O. The van der Waals surface area contributed by atoms with Crippen molar-refractivity contribution < 1.29 is 4.79 Å². The largest absolute Gasteiger partial charge is 0.290 e.